The highest BCUT2D eigenvalue weighted by Gasteiger charge is 2.20. The molecule has 0 aliphatic rings. The molecular weight excluding hydrogens is 414 g/mol. The van der Waals surface area contributed by atoms with Gasteiger partial charge in [-0.15, -0.1) is 0 Å². The van der Waals surface area contributed by atoms with E-state index in [1.54, 1.807) is 34.9 Å². The molecule has 9 heteroatoms. The van der Waals surface area contributed by atoms with Crippen molar-refractivity contribution in [1.29, 1.82) is 0 Å². The first-order valence-corrected chi connectivity index (χ1v) is 10.0. The molecule has 4 aromatic rings. The number of nitrogen functional groups attached to an aromatic ring is 2. The van der Waals surface area contributed by atoms with Crippen LogP contribution in [0, 0.1) is 6.92 Å². The predicted octanol–water partition coefficient (Wildman–Crippen LogP) is 2.91. The smallest absolute Gasteiger partial charge is 0.271 e. The number of hydrogen-bond acceptors (Lipinski definition) is 6. The summed E-state index contributed by atoms with van der Waals surface area (Å²) in [5.74, 6) is 0.0706. The van der Waals surface area contributed by atoms with Crippen LogP contribution in [-0.4, -0.2) is 20.3 Å². The number of amides is 1. The molecule has 158 valence electrons. The van der Waals surface area contributed by atoms with Crippen molar-refractivity contribution in [2.24, 2.45) is 5.73 Å². The first-order chi connectivity index (χ1) is 14.9. The predicted molar refractivity (Wildman–Crippen MR) is 122 cm³/mol. The molecule has 2 aromatic heterocycles. The average molecular weight is 436 g/mol. The van der Waals surface area contributed by atoms with Gasteiger partial charge in [0.25, 0.3) is 5.91 Å². The van der Waals surface area contributed by atoms with E-state index in [1.807, 2.05) is 25.1 Å². The van der Waals surface area contributed by atoms with Crippen molar-refractivity contribution >= 4 is 34.7 Å². The van der Waals surface area contributed by atoms with E-state index in [0.29, 0.717) is 28.7 Å². The van der Waals surface area contributed by atoms with Crippen LogP contribution in [0.25, 0.3) is 17.0 Å². The number of nitrogens with one attached hydrogen (secondary N) is 1. The molecule has 0 spiro atoms. The third-order valence-electron chi connectivity index (χ3n) is 5.05. The number of benzene rings is 2. The van der Waals surface area contributed by atoms with Gasteiger partial charge >= 0.3 is 0 Å². The molecule has 0 atom stereocenters. The monoisotopic (exact) mass is 435 g/mol. The summed E-state index contributed by atoms with van der Waals surface area (Å²) in [5.41, 5.74) is 23.4. The van der Waals surface area contributed by atoms with Crippen LogP contribution in [0.5, 0.6) is 0 Å². The molecule has 0 unspecified atom stereocenters. The van der Waals surface area contributed by atoms with Gasteiger partial charge in [-0.3, -0.25) is 9.20 Å². The van der Waals surface area contributed by atoms with Gasteiger partial charge in [0, 0.05) is 52.5 Å². The molecule has 0 fully saturated rings. The highest BCUT2D eigenvalue weighted by Crippen LogP contribution is 2.32. The van der Waals surface area contributed by atoms with Crippen LogP contribution in [0.1, 0.15) is 27.3 Å². The van der Waals surface area contributed by atoms with Crippen LogP contribution in [-0.2, 0) is 13.1 Å². The Morgan fingerprint density at radius 2 is 1.87 bits per heavy atom. The van der Waals surface area contributed by atoms with E-state index in [9.17, 15) is 4.79 Å². The number of carbonyl (C=O) groups excluding carboxylic acids is 1. The van der Waals surface area contributed by atoms with E-state index in [1.165, 1.54) is 0 Å². The largest absolute Gasteiger partial charge is 0.399 e. The number of rotatable bonds is 5. The molecule has 0 saturated heterocycles. The van der Waals surface area contributed by atoms with Gasteiger partial charge in [0.2, 0.25) is 5.78 Å². The normalized spacial score (nSPS) is 11.1. The van der Waals surface area contributed by atoms with Crippen molar-refractivity contribution in [2.75, 3.05) is 11.5 Å². The zero-order valence-electron chi connectivity index (χ0n) is 16.9. The lowest BCUT2D eigenvalue weighted by molar-refractivity contribution is 0.0946. The van der Waals surface area contributed by atoms with Crippen molar-refractivity contribution in [3.8, 4) is 11.3 Å². The molecule has 8 nitrogen and oxygen atoms in total. The highest BCUT2D eigenvalue weighted by atomic mass is 35.5. The number of hydrogen-bond donors (Lipinski definition) is 4. The molecule has 31 heavy (non-hydrogen) atoms. The Morgan fingerprint density at radius 1 is 1.13 bits per heavy atom. The third kappa shape index (κ3) is 4.03. The van der Waals surface area contributed by atoms with Crippen molar-refractivity contribution in [2.45, 2.75) is 20.0 Å². The number of fused-ring (bicyclic) bond motifs is 1. The standard InChI is InChI=1S/C22H22ClN7O/c1-12-17(9-24)20(16-7-6-15(25)8-18(16)26)30-11-19(29-22(30)28-12)21(31)27-10-13-2-4-14(23)5-3-13/h2-8,11H,9-10,24-26H2,1H3,(H,27,31). The fourth-order valence-electron chi connectivity index (χ4n) is 3.47. The zero-order valence-corrected chi connectivity index (χ0v) is 17.6. The number of halogens is 1. The van der Waals surface area contributed by atoms with Crippen LogP contribution in [0.3, 0.4) is 0 Å². The molecule has 4 rings (SSSR count). The fourth-order valence-corrected chi connectivity index (χ4v) is 3.59. The van der Waals surface area contributed by atoms with Crippen LogP contribution >= 0.6 is 11.6 Å². The Hall–Kier alpha value is -3.62. The SMILES string of the molecule is Cc1nc2nc(C(=O)NCc3ccc(Cl)cc3)cn2c(-c2ccc(N)cc2N)c1CN. The fraction of sp³-hybridized carbons (Fsp3) is 0.136. The summed E-state index contributed by atoms with van der Waals surface area (Å²) < 4.78 is 1.74. The van der Waals surface area contributed by atoms with E-state index >= 15 is 0 Å². The summed E-state index contributed by atoms with van der Waals surface area (Å²) in [5, 5.41) is 3.51. The lowest BCUT2D eigenvalue weighted by Crippen LogP contribution is -2.23. The van der Waals surface area contributed by atoms with E-state index < -0.39 is 0 Å². The van der Waals surface area contributed by atoms with E-state index in [2.05, 4.69) is 15.3 Å². The van der Waals surface area contributed by atoms with Gasteiger partial charge in [-0.05, 0) is 42.8 Å². The molecule has 0 aliphatic heterocycles. The maximum atomic E-state index is 12.7. The second kappa shape index (κ2) is 8.25. The molecule has 0 radical (unpaired) electrons. The number of nitrogens with zero attached hydrogens (tertiary/aromatic N) is 3. The molecule has 0 saturated carbocycles. The number of aryl methyl sites for hydroxylation is 1. The van der Waals surface area contributed by atoms with Crippen LogP contribution in [0.15, 0.2) is 48.7 Å². The average Bonchev–Trinajstić information content (AvgIpc) is 3.16. The first-order valence-electron chi connectivity index (χ1n) is 9.64. The minimum Gasteiger partial charge on any atom is -0.399 e. The lowest BCUT2D eigenvalue weighted by atomic mass is 10.0. The number of anilines is 2. The maximum Gasteiger partial charge on any atom is 0.271 e. The number of imidazole rings is 1. The number of nitrogens with two attached hydrogens (primary N) is 3. The van der Waals surface area contributed by atoms with Gasteiger partial charge in [-0.2, -0.15) is 0 Å². The van der Waals surface area contributed by atoms with Crippen molar-refractivity contribution in [1.82, 2.24) is 19.7 Å². The topological polar surface area (TPSA) is 137 Å². The van der Waals surface area contributed by atoms with Crippen molar-refractivity contribution in [3.63, 3.8) is 0 Å². The molecule has 1 amide bonds. The van der Waals surface area contributed by atoms with Crippen LogP contribution in [0.4, 0.5) is 11.4 Å². The number of aromatic nitrogens is 3. The number of carbonyl (C=O) groups is 1. The minimum atomic E-state index is -0.316. The zero-order chi connectivity index (χ0) is 22.1. The first kappa shape index (κ1) is 20.6. The van der Waals surface area contributed by atoms with E-state index in [4.69, 9.17) is 28.8 Å². The van der Waals surface area contributed by atoms with Gasteiger partial charge in [0.15, 0.2) is 0 Å². The second-order valence-corrected chi connectivity index (χ2v) is 7.62. The Labute approximate surface area is 184 Å². The Morgan fingerprint density at radius 3 is 2.55 bits per heavy atom. The second-order valence-electron chi connectivity index (χ2n) is 7.18. The Bertz CT molecular complexity index is 1280. The summed E-state index contributed by atoms with van der Waals surface area (Å²) >= 11 is 5.91. The molecular formula is C22H22ClN7O. The van der Waals surface area contributed by atoms with Crippen molar-refractivity contribution in [3.05, 3.63) is 76.2 Å². The molecule has 0 aliphatic carbocycles. The van der Waals surface area contributed by atoms with Gasteiger partial charge < -0.3 is 22.5 Å². The van der Waals surface area contributed by atoms with Crippen molar-refractivity contribution < 1.29 is 4.79 Å². The highest BCUT2D eigenvalue weighted by molar-refractivity contribution is 6.30. The molecule has 2 heterocycles. The summed E-state index contributed by atoms with van der Waals surface area (Å²) in [6.07, 6.45) is 1.64. The maximum absolute atomic E-state index is 12.7. The summed E-state index contributed by atoms with van der Waals surface area (Å²) in [6, 6.07) is 12.5. The van der Waals surface area contributed by atoms with E-state index in [-0.39, 0.29) is 18.1 Å². The van der Waals surface area contributed by atoms with Gasteiger partial charge in [0.1, 0.15) is 5.69 Å². The van der Waals surface area contributed by atoms with Crippen LogP contribution in [0.2, 0.25) is 5.02 Å². The van der Waals surface area contributed by atoms with Gasteiger partial charge in [-0.1, -0.05) is 23.7 Å². The summed E-state index contributed by atoms with van der Waals surface area (Å²) in [7, 11) is 0. The van der Waals surface area contributed by atoms with Crippen LogP contribution < -0.4 is 22.5 Å². The molecule has 7 N–H and O–H groups in total. The summed E-state index contributed by atoms with van der Waals surface area (Å²) in [6.45, 7) is 2.46. The molecule has 2 aromatic carbocycles. The Kier molecular flexibility index (Phi) is 5.50. The quantitative estimate of drug-likeness (QED) is 0.355. The van der Waals surface area contributed by atoms with Gasteiger partial charge in [-0.25, -0.2) is 9.97 Å². The lowest BCUT2D eigenvalue weighted by Gasteiger charge is -2.15. The third-order valence-corrected chi connectivity index (χ3v) is 5.30. The Balaban J connectivity index is 1.74. The minimum absolute atomic E-state index is 0.241. The van der Waals surface area contributed by atoms with E-state index in [0.717, 1.165) is 28.1 Å². The molecule has 0 bridgehead atoms. The van der Waals surface area contributed by atoms with Gasteiger partial charge in [0.05, 0.1) is 5.69 Å². The summed E-state index contributed by atoms with van der Waals surface area (Å²) in [4.78, 5) is 21.7.